The molecular formula is C13H14BrN3O2. The molecule has 100 valence electrons. The van der Waals surface area contributed by atoms with E-state index in [9.17, 15) is 0 Å². The van der Waals surface area contributed by atoms with Crippen molar-refractivity contribution >= 4 is 33.0 Å². The molecule has 1 aromatic carbocycles. The Bertz CT molecular complexity index is 570. The van der Waals surface area contributed by atoms with Crippen LogP contribution >= 0.6 is 15.9 Å². The minimum atomic E-state index is 0.541. The molecule has 0 fully saturated rings. The number of nitrogen functional groups attached to an aromatic ring is 1. The molecule has 0 saturated heterocycles. The van der Waals surface area contributed by atoms with Crippen molar-refractivity contribution in [2.45, 2.75) is 0 Å². The summed E-state index contributed by atoms with van der Waals surface area (Å²) in [5, 5.41) is 3.22. The normalized spacial score (nSPS) is 10.1. The van der Waals surface area contributed by atoms with E-state index in [1.807, 2.05) is 18.2 Å². The zero-order valence-electron chi connectivity index (χ0n) is 10.6. The number of hydrogen-bond donors (Lipinski definition) is 2. The SMILES string of the molecule is COc1ccc(OC)c(Nc2c(N)cncc2Br)c1. The summed E-state index contributed by atoms with van der Waals surface area (Å²) in [6.45, 7) is 0. The molecule has 0 aliphatic rings. The molecule has 1 aromatic heterocycles. The van der Waals surface area contributed by atoms with Gasteiger partial charge >= 0.3 is 0 Å². The fourth-order valence-corrected chi connectivity index (χ4v) is 2.07. The van der Waals surface area contributed by atoms with Crippen LogP contribution in [0.5, 0.6) is 11.5 Å². The van der Waals surface area contributed by atoms with Crippen LogP contribution in [0.3, 0.4) is 0 Å². The number of nitrogens with zero attached hydrogens (tertiary/aromatic N) is 1. The maximum absolute atomic E-state index is 5.90. The molecule has 0 aliphatic heterocycles. The van der Waals surface area contributed by atoms with Crippen molar-refractivity contribution in [1.82, 2.24) is 4.98 Å². The third kappa shape index (κ3) is 2.90. The van der Waals surface area contributed by atoms with Gasteiger partial charge in [-0.3, -0.25) is 4.98 Å². The molecule has 2 rings (SSSR count). The summed E-state index contributed by atoms with van der Waals surface area (Å²) in [7, 11) is 3.22. The van der Waals surface area contributed by atoms with Crippen LogP contribution in [-0.2, 0) is 0 Å². The maximum Gasteiger partial charge on any atom is 0.142 e. The Morgan fingerprint density at radius 1 is 1.21 bits per heavy atom. The highest BCUT2D eigenvalue weighted by atomic mass is 79.9. The summed E-state index contributed by atoms with van der Waals surface area (Å²) in [6.07, 6.45) is 3.26. The highest BCUT2D eigenvalue weighted by molar-refractivity contribution is 9.10. The van der Waals surface area contributed by atoms with Crippen molar-refractivity contribution in [1.29, 1.82) is 0 Å². The van der Waals surface area contributed by atoms with Gasteiger partial charge in [-0.1, -0.05) is 0 Å². The summed E-state index contributed by atoms with van der Waals surface area (Å²) in [5.41, 5.74) is 7.95. The van der Waals surface area contributed by atoms with E-state index in [0.717, 1.165) is 21.6 Å². The van der Waals surface area contributed by atoms with Gasteiger partial charge < -0.3 is 20.5 Å². The van der Waals surface area contributed by atoms with Crippen molar-refractivity contribution in [3.63, 3.8) is 0 Å². The van der Waals surface area contributed by atoms with Crippen LogP contribution in [0.1, 0.15) is 0 Å². The quantitative estimate of drug-likeness (QED) is 0.904. The van der Waals surface area contributed by atoms with Crippen molar-refractivity contribution in [2.75, 3.05) is 25.3 Å². The Morgan fingerprint density at radius 3 is 2.63 bits per heavy atom. The van der Waals surface area contributed by atoms with E-state index in [4.69, 9.17) is 15.2 Å². The molecule has 0 atom stereocenters. The number of hydrogen-bond acceptors (Lipinski definition) is 5. The molecule has 0 aliphatic carbocycles. The van der Waals surface area contributed by atoms with Gasteiger partial charge in [0.1, 0.15) is 11.5 Å². The predicted molar refractivity (Wildman–Crippen MR) is 79.2 cm³/mol. The fraction of sp³-hybridized carbons (Fsp3) is 0.154. The van der Waals surface area contributed by atoms with Crippen LogP contribution in [-0.4, -0.2) is 19.2 Å². The largest absolute Gasteiger partial charge is 0.497 e. The second-order valence-electron chi connectivity index (χ2n) is 3.78. The highest BCUT2D eigenvalue weighted by Crippen LogP contribution is 2.36. The lowest BCUT2D eigenvalue weighted by atomic mass is 10.2. The molecule has 3 N–H and O–H groups in total. The second-order valence-corrected chi connectivity index (χ2v) is 4.63. The number of halogens is 1. The van der Waals surface area contributed by atoms with Crippen molar-refractivity contribution in [3.8, 4) is 11.5 Å². The molecule has 0 amide bonds. The predicted octanol–water partition coefficient (Wildman–Crippen LogP) is 3.19. The molecular weight excluding hydrogens is 310 g/mol. The van der Waals surface area contributed by atoms with Crippen molar-refractivity contribution in [2.24, 2.45) is 0 Å². The molecule has 1 heterocycles. The first-order chi connectivity index (χ1) is 9.15. The van der Waals surface area contributed by atoms with Gasteiger partial charge in [0, 0.05) is 12.3 Å². The third-order valence-corrected chi connectivity index (χ3v) is 3.20. The molecule has 0 saturated carbocycles. The summed E-state index contributed by atoms with van der Waals surface area (Å²) in [5.74, 6) is 1.43. The molecule has 0 unspecified atom stereocenters. The average molecular weight is 324 g/mol. The van der Waals surface area contributed by atoms with E-state index < -0.39 is 0 Å². The number of aromatic nitrogens is 1. The van der Waals surface area contributed by atoms with Crippen LogP contribution in [0, 0.1) is 0 Å². The Balaban J connectivity index is 2.42. The van der Waals surface area contributed by atoms with Crippen LogP contribution in [0.2, 0.25) is 0 Å². The van der Waals surface area contributed by atoms with Gasteiger partial charge in [-0.2, -0.15) is 0 Å². The van der Waals surface area contributed by atoms with E-state index in [1.165, 1.54) is 0 Å². The summed E-state index contributed by atoms with van der Waals surface area (Å²) in [6, 6.07) is 5.49. The zero-order valence-corrected chi connectivity index (χ0v) is 12.2. The number of nitrogens with one attached hydrogen (secondary N) is 1. The second kappa shape index (κ2) is 5.79. The Morgan fingerprint density at radius 2 is 2.00 bits per heavy atom. The lowest BCUT2D eigenvalue weighted by molar-refractivity contribution is 0.405. The summed E-state index contributed by atoms with van der Waals surface area (Å²) >= 11 is 3.41. The van der Waals surface area contributed by atoms with Gasteiger partial charge in [0.25, 0.3) is 0 Å². The van der Waals surface area contributed by atoms with Gasteiger partial charge in [0.05, 0.1) is 42.0 Å². The molecule has 6 heteroatoms. The van der Waals surface area contributed by atoms with Gasteiger partial charge in [-0.15, -0.1) is 0 Å². The molecule has 0 radical (unpaired) electrons. The highest BCUT2D eigenvalue weighted by Gasteiger charge is 2.10. The Kier molecular flexibility index (Phi) is 4.11. The number of nitrogens with two attached hydrogens (primary N) is 1. The van der Waals surface area contributed by atoms with E-state index in [0.29, 0.717) is 11.4 Å². The average Bonchev–Trinajstić information content (AvgIpc) is 2.42. The van der Waals surface area contributed by atoms with Crippen LogP contribution in [0.25, 0.3) is 0 Å². The smallest absolute Gasteiger partial charge is 0.142 e. The van der Waals surface area contributed by atoms with E-state index in [1.54, 1.807) is 26.6 Å². The van der Waals surface area contributed by atoms with E-state index in [2.05, 4.69) is 26.2 Å². The van der Waals surface area contributed by atoms with Gasteiger partial charge in [-0.05, 0) is 28.1 Å². The minimum Gasteiger partial charge on any atom is -0.497 e. The molecule has 0 spiro atoms. The zero-order chi connectivity index (χ0) is 13.8. The van der Waals surface area contributed by atoms with Gasteiger partial charge in [-0.25, -0.2) is 0 Å². The van der Waals surface area contributed by atoms with Crippen LogP contribution in [0.15, 0.2) is 35.1 Å². The third-order valence-electron chi connectivity index (χ3n) is 2.60. The molecule has 19 heavy (non-hydrogen) atoms. The topological polar surface area (TPSA) is 69.4 Å². The van der Waals surface area contributed by atoms with Crippen LogP contribution in [0.4, 0.5) is 17.1 Å². The minimum absolute atomic E-state index is 0.541. The first-order valence-corrected chi connectivity index (χ1v) is 6.33. The van der Waals surface area contributed by atoms with Crippen molar-refractivity contribution < 1.29 is 9.47 Å². The number of pyridine rings is 1. The first kappa shape index (κ1) is 13.5. The molecule has 2 aromatic rings. The van der Waals surface area contributed by atoms with Gasteiger partial charge in [0.2, 0.25) is 0 Å². The number of methoxy groups -OCH3 is 2. The van der Waals surface area contributed by atoms with Crippen molar-refractivity contribution in [3.05, 3.63) is 35.1 Å². The maximum atomic E-state index is 5.90. The first-order valence-electron chi connectivity index (χ1n) is 5.53. The Labute approximate surface area is 119 Å². The van der Waals surface area contributed by atoms with E-state index >= 15 is 0 Å². The lowest BCUT2D eigenvalue weighted by Gasteiger charge is -2.14. The Hall–Kier alpha value is -1.95. The monoisotopic (exact) mass is 323 g/mol. The lowest BCUT2D eigenvalue weighted by Crippen LogP contribution is -2.00. The number of rotatable bonds is 4. The number of anilines is 3. The van der Waals surface area contributed by atoms with Gasteiger partial charge in [0.15, 0.2) is 0 Å². The molecule has 0 bridgehead atoms. The standard InChI is InChI=1S/C13H14BrN3O2/c1-18-8-3-4-12(19-2)11(5-8)17-13-9(14)6-16-7-10(13)15/h3-7H,15H2,1-2H3,(H,16,17). The molecule has 5 nitrogen and oxygen atoms in total. The van der Waals surface area contributed by atoms with Crippen LogP contribution < -0.4 is 20.5 Å². The summed E-state index contributed by atoms with van der Waals surface area (Å²) < 4.78 is 11.3. The van der Waals surface area contributed by atoms with E-state index in [-0.39, 0.29) is 0 Å². The number of ether oxygens (including phenoxy) is 2. The number of benzene rings is 1. The fourth-order valence-electron chi connectivity index (χ4n) is 1.63. The summed E-state index contributed by atoms with van der Waals surface area (Å²) in [4.78, 5) is 3.99.